The number of aromatic amines is 1. The van der Waals surface area contributed by atoms with E-state index in [1.165, 1.54) is 0 Å². The van der Waals surface area contributed by atoms with Crippen molar-refractivity contribution in [3.05, 3.63) is 65.7 Å². The second-order valence-corrected chi connectivity index (χ2v) is 5.77. The van der Waals surface area contributed by atoms with Gasteiger partial charge in [0.15, 0.2) is 5.82 Å². The summed E-state index contributed by atoms with van der Waals surface area (Å²) >= 11 is 6.12. The van der Waals surface area contributed by atoms with E-state index >= 15 is 0 Å². The molecule has 0 fully saturated rings. The van der Waals surface area contributed by atoms with Crippen LogP contribution in [0.4, 0.5) is 5.82 Å². The highest BCUT2D eigenvalue weighted by atomic mass is 35.5. The van der Waals surface area contributed by atoms with Crippen LogP contribution in [0.2, 0.25) is 5.02 Å². The Morgan fingerprint density at radius 3 is 2.83 bits per heavy atom. The predicted octanol–water partition coefficient (Wildman–Crippen LogP) is 3.71. The molecule has 114 valence electrons. The molecule has 2 aromatic heterocycles. The zero-order valence-electron chi connectivity index (χ0n) is 12.2. The molecule has 23 heavy (non-hydrogen) atoms. The van der Waals surface area contributed by atoms with Crippen molar-refractivity contribution < 1.29 is 0 Å². The zero-order chi connectivity index (χ0) is 15.8. The van der Waals surface area contributed by atoms with Crippen molar-refractivity contribution in [3.8, 4) is 11.1 Å². The number of imidazole rings is 1. The van der Waals surface area contributed by atoms with E-state index in [4.69, 9.17) is 17.3 Å². The minimum absolute atomic E-state index is 0.509. The predicted molar refractivity (Wildman–Crippen MR) is 92.3 cm³/mol. The molecule has 4 rings (SSSR count). The molecule has 0 atom stereocenters. The van der Waals surface area contributed by atoms with Crippen LogP contribution in [0.15, 0.2) is 55.0 Å². The quantitative estimate of drug-likeness (QED) is 0.603. The third-order valence-electron chi connectivity index (χ3n) is 3.82. The molecule has 0 aliphatic heterocycles. The molecule has 6 heteroatoms. The fourth-order valence-corrected chi connectivity index (χ4v) is 3.00. The molecule has 2 aromatic carbocycles. The number of nitrogens with one attached hydrogen (secondary N) is 1. The number of nitrogens with two attached hydrogens (primary N) is 1. The van der Waals surface area contributed by atoms with Crippen LogP contribution in [0.5, 0.6) is 0 Å². The van der Waals surface area contributed by atoms with Crippen molar-refractivity contribution in [1.29, 1.82) is 0 Å². The summed E-state index contributed by atoms with van der Waals surface area (Å²) in [6, 6.07) is 13.8. The lowest BCUT2D eigenvalue weighted by Gasteiger charge is -2.06. The molecule has 0 radical (unpaired) electrons. The topological polar surface area (TPSA) is 72.5 Å². The monoisotopic (exact) mass is 323 g/mol. The standard InChI is InChI=1S/C17H14ClN5/c18-12-4-1-3-11(7-12)14-5-2-6-15-16(14)17(19)22-23(15)9-13-8-20-10-21-13/h1-8,10H,9H2,(H2,19,22)(H,20,21). The van der Waals surface area contributed by atoms with E-state index in [1.54, 1.807) is 12.5 Å². The summed E-state index contributed by atoms with van der Waals surface area (Å²) in [5.74, 6) is 0.509. The first-order valence-electron chi connectivity index (χ1n) is 7.20. The number of nitrogens with zero attached hydrogens (tertiary/aromatic N) is 3. The minimum atomic E-state index is 0.509. The van der Waals surface area contributed by atoms with Gasteiger partial charge in [-0.15, -0.1) is 0 Å². The van der Waals surface area contributed by atoms with E-state index in [2.05, 4.69) is 15.1 Å². The zero-order valence-corrected chi connectivity index (χ0v) is 13.0. The van der Waals surface area contributed by atoms with Crippen molar-refractivity contribution in [2.45, 2.75) is 6.54 Å². The van der Waals surface area contributed by atoms with Gasteiger partial charge in [0.2, 0.25) is 0 Å². The molecular formula is C17H14ClN5. The molecular weight excluding hydrogens is 310 g/mol. The number of aromatic nitrogens is 4. The summed E-state index contributed by atoms with van der Waals surface area (Å²) in [5.41, 5.74) is 10.2. The van der Waals surface area contributed by atoms with Crippen LogP contribution < -0.4 is 5.73 Å². The summed E-state index contributed by atoms with van der Waals surface area (Å²) in [4.78, 5) is 7.12. The maximum absolute atomic E-state index is 6.19. The Balaban J connectivity index is 1.89. The fourth-order valence-electron chi connectivity index (χ4n) is 2.81. The van der Waals surface area contributed by atoms with Crippen molar-refractivity contribution in [3.63, 3.8) is 0 Å². The summed E-state index contributed by atoms with van der Waals surface area (Å²) in [6.07, 6.45) is 3.44. The van der Waals surface area contributed by atoms with Crippen LogP contribution in [0, 0.1) is 0 Å². The molecule has 0 saturated carbocycles. The second kappa shape index (κ2) is 5.44. The lowest BCUT2D eigenvalue weighted by Crippen LogP contribution is -2.02. The Hall–Kier alpha value is -2.79. The number of H-pyrrole nitrogens is 1. The molecule has 2 heterocycles. The maximum atomic E-state index is 6.19. The van der Waals surface area contributed by atoms with Crippen molar-refractivity contribution >= 4 is 28.3 Å². The summed E-state index contributed by atoms with van der Waals surface area (Å²) in [7, 11) is 0. The highest BCUT2D eigenvalue weighted by molar-refractivity contribution is 6.31. The third-order valence-corrected chi connectivity index (χ3v) is 4.05. The molecule has 4 aromatic rings. The summed E-state index contributed by atoms with van der Waals surface area (Å²) in [6.45, 7) is 0.590. The Bertz CT molecular complexity index is 972. The van der Waals surface area contributed by atoms with Gasteiger partial charge in [-0.25, -0.2) is 4.98 Å². The first-order chi connectivity index (χ1) is 11.2. The molecule has 0 aliphatic carbocycles. The van der Waals surface area contributed by atoms with Gasteiger partial charge in [0.25, 0.3) is 0 Å². The largest absolute Gasteiger partial charge is 0.382 e. The number of benzene rings is 2. The number of nitrogen functional groups attached to an aromatic ring is 1. The SMILES string of the molecule is Nc1nn(Cc2cnc[nH]2)c2cccc(-c3cccc(Cl)c3)c12. The minimum Gasteiger partial charge on any atom is -0.382 e. The average Bonchev–Trinajstić information content (AvgIpc) is 3.17. The van der Waals surface area contributed by atoms with Gasteiger partial charge < -0.3 is 10.7 Å². The van der Waals surface area contributed by atoms with Crippen molar-refractivity contribution in [2.24, 2.45) is 0 Å². The highest BCUT2D eigenvalue weighted by Gasteiger charge is 2.14. The van der Waals surface area contributed by atoms with Crippen LogP contribution in [0.1, 0.15) is 5.69 Å². The van der Waals surface area contributed by atoms with E-state index in [-0.39, 0.29) is 0 Å². The van der Waals surface area contributed by atoms with E-state index in [0.29, 0.717) is 17.4 Å². The number of rotatable bonds is 3. The normalized spacial score (nSPS) is 11.2. The fraction of sp³-hybridized carbons (Fsp3) is 0.0588. The average molecular weight is 324 g/mol. The summed E-state index contributed by atoms with van der Waals surface area (Å²) in [5, 5.41) is 6.12. The van der Waals surface area contributed by atoms with E-state index in [1.807, 2.05) is 47.1 Å². The van der Waals surface area contributed by atoms with E-state index in [9.17, 15) is 0 Å². The van der Waals surface area contributed by atoms with E-state index < -0.39 is 0 Å². The van der Waals surface area contributed by atoms with Crippen LogP contribution in [-0.4, -0.2) is 19.7 Å². The molecule has 3 N–H and O–H groups in total. The smallest absolute Gasteiger partial charge is 0.154 e. The molecule has 0 saturated heterocycles. The van der Waals surface area contributed by atoms with Crippen LogP contribution in [0.3, 0.4) is 0 Å². The van der Waals surface area contributed by atoms with Crippen LogP contribution in [-0.2, 0) is 6.54 Å². The van der Waals surface area contributed by atoms with E-state index in [0.717, 1.165) is 27.7 Å². The van der Waals surface area contributed by atoms with Gasteiger partial charge in [-0.3, -0.25) is 4.68 Å². The molecule has 0 amide bonds. The van der Waals surface area contributed by atoms with Gasteiger partial charge in [0.05, 0.1) is 29.5 Å². The van der Waals surface area contributed by atoms with Crippen molar-refractivity contribution in [1.82, 2.24) is 19.7 Å². The number of hydrogen-bond donors (Lipinski definition) is 2. The van der Waals surface area contributed by atoms with Gasteiger partial charge >= 0.3 is 0 Å². The highest BCUT2D eigenvalue weighted by Crippen LogP contribution is 2.33. The molecule has 5 nitrogen and oxygen atoms in total. The first kappa shape index (κ1) is 13.8. The van der Waals surface area contributed by atoms with Crippen molar-refractivity contribution in [2.75, 3.05) is 5.73 Å². The summed E-state index contributed by atoms with van der Waals surface area (Å²) < 4.78 is 1.88. The van der Waals surface area contributed by atoms with Gasteiger partial charge in [0.1, 0.15) is 0 Å². The lowest BCUT2D eigenvalue weighted by atomic mass is 10.0. The van der Waals surface area contributed by atoms with Crippen LogP contribution >= 0.6 is 11.6 Å². The Kier molecular flexibility index (Phi) is 3.28. The molecule has 0 aliphatic rings. The Labute approximate surface area is 137 Å². The molecule has 0 unspecified atom stereocenters. The number of anilines is 1. The number of hydrogen-bond acceptors (Lipinski definition) is 3. The maximum Gasteiger partial charge on any atom is 0.154 e. The lowest BCUT2D eigenvalue weighted by molar-refractivity contribution is 0.703. The first-order valence-corrected chi connectivity index (χ1v) is 7.58. The number of halogens is 1. The Morgan fingerprint density at radius 1 is 1.17 bits per heavy atom. The van der Waals surface area contributed by atoms with Gasteiger partial charge in [0, 0.05) is 11.2 Å². The number of fused-ring (bicyclic) bond motifs is 1. The second-order valence-electron chi connectivity index (χ2n) is 5.33. The Morgan fingerprint density at radius 2 is 2.04 bits per heavy atom. The molecule has 0 spiro atoms. The van der Waals surface area contributed by atoms with Gasteiger partial charge in [-0.1, -0.05) is 35.9 Å². The molecule has 0 bridgehead atoms. The van der Waals surface area contributed by atoms with Gasteiger partial charge in [-0.05, 0) is 29.3 Å². The van der Waals surface area contributed by atoms with Crippen LogP contribution in [0.25, 0.3) is 22.0 Å². The third kappa shape index (κ3) is 2.45. The van der Waals surface area contributed by atoms with Gasteiger partial charge in [-0.2, -0.15) is 5.10 Å².